The van der Waals surface area contributed by atoms with E-state index in [9.17, 15) is 0 Å². The number of methoxy groups -OCH3 is 1. The van der Waals surface area contributed by atoms with Gasteiger partial charge in [0.05, 0.1) is 31.7 Å². The Hall–Kier alpha value is -3.23. The Labute approximate surface area is 170 Å². The standard InChI is InChI=1S/C21H26N6O2/c1-28-19-14-15(3-7-25-19)16(5-9-27-10-12-29-13-11-27)17-4-8-26-21(20(17)24)18(23)2-6-22/h2-8,14,22H,9-13,23-24H2,1H3/b16-5-,18-2-,22-6?. The number of ether oxygens (including phenoxy) is 2. The fourth-order valence-corrected chi connectivity index (χ4v) is 3.18. The molecule has 0 amide bonds. The molecule has 0 aliphatic carbocycles. The molecule has 0 saturated carbocycles. The number of allylic oxidation sites excluding steroid dienone is 1. The molecule has 0 unspecified atom stereocenters. The summed E-state index contributed by atoms with van der Waals surface area (Å²) in [6, 6.07) is 5.67. The maximum Gasteiger partial charge on any atom is 0.213 e. The summed E-state index contributed by atoms with van der Waals surface area (Å²) in [5, 5.41) is 7.25. The fraction of sp³-hybridized carbons (Fsp3) is 0.286. The van der Waals surface area contributed by atoms with Crippen molar-refractivity contribution in [3.63, 3.8) is 0 Å². The number of pyridine rings is 2. The Morgan fingerprint density at radius 3 is 2.76 bits per heavy atom. The van der Waals surface area contributed by atoms with E-state index in [1.807, 2.05) is 18.2 Å². The Kier molecular flexibility index (Phi) is 6.94. The van der Waals surface area contributed by atoms with Crippen molar-refractivity contribution in [1.82, 2.24) is 14.9 Å². The molecule has 0 bridgehead atoms. The third kappa shape index (κ3) is 4.98. The van der Waals surface area contributed by atoms with Gasteiger partial charge in [0, 0.05) is 49.9 Å². The molecule has 1 aliphatic rings. The van der Waals surface area contributed by atoms with Crippen molar-refractivity contribution in [3.8, 4) is 5.88 Å². The van der Waals surface area contributed by atoms with Crippen molar-refractivity contribution in [2.45, 2.75) is 0 Å². The van der Waals surface area contributed by atoms with E-state index in [1.165, 1.54) is 6.08 Å². The smallest absolute Gasteiger partial charge is 0.213 e. The summed E-state index contributed by atoms with van der Waals surface area (Å²) in [6.45, 7) is 3.99. The molecule has 0 atom stereocenters. The summed E-state index contributed by atoms with van der Waals surface area (Å²) >= 11 is 0. The second-order valence-electron chi connectivity index (χ2n) is 6.53. The molecule has 29 heavy (non-hydrogen) atoms. The molecule has 1 saturated heterocycles. The summed E-state index contributed by atoms with van der Waals surface area (Å²) in [6.07, 6.45) is 8.11. The third-order valence-corrected chi connectivity index (χ3v) is 4.73. The van der Waals surface area contributed by atoms with Crippen LogP contribution in [0.1, 0.15) is 16.8 Å². The molecule has 3 rings (SSSR count). The molecule has 0 aromatic carbocycles. The van der Waals surface area contributed by atoms with Crippen LogP contribution in [0.5, 0.6) is 5.88 Å². The minimum absolute atomic E-state index is 0.346. The molecule has 0 radical (unpaired) electrons. The average molecular weight is 394 g/mol. The first-order valence-corrected chi connectivity index (χ1v) is 9.36. The van der Waals surface area contributed by atoms with E-state index in [4.69, 9.17) is 26.4 Å². The zero-order valence-corrected chi connectivity index (χ0v) is 16.5. The van der Waals surface area contributed by atoms with Gasteiger partial charge in [-0.1, -0.05) is 6.08 Å². The highest BCUT2D eigenvalue weighted by Gasteiger charge is 2.16. The van der Waals surface area contributed by atoms with E-state index in [-0.39, 0.29) is 0 Å². The molecule has 0 spiro atoms. The Morgan fingerprint density at radius 1 is 1.28 bits per heavy atom. The zero-order chi connectivity index (χ0) is 20.6. The van der Waals surface area contributed by atoms with Gasteiger partial charge in [-0.15, -0.1) is 0 Å². The number of anilines is 1. The van der Waals surface area contributed by atoms with Gasteiger partial charge in [-0.3, -0.25) is 9.88 Å². The maximum absolute atomic E-state index is 7.25. The van der Waals surface area contributed by atoms with Crippen LogP contribution in [-0.4, -0.2) is 61.0 Å². The van der Waals surface area contributed by atoms with Crippen LogP contribution in [-0.2, 0) is 4.74 Å². The lowest BCUT2D eigenvalue weighted by atomic mass is 9.96. The number of hydrogen-bond donors (Lipinski definition) is 3. The van der Waals surface area contributed by atoms with Gasteiger partial charge < -0.3 is 26.4 Å². The lowest BCUT2D eigenvalue weighted by Gasteiger charge is -2.26. The van der Waals surface area contributed by atoms with Crippen molar-refractivity contribution in [1.29, 1.82) is 5.41 Å². The third-order valence-electron chi connectivity index (χ3n) is 4.73. The molecule has 5 N–H and O–H groups in total. The lowest BCUT2D eigenvalue weighted by molar-refractivity contribution is 0.0435. The highest BCUT2D eigenvalue weighted by atomic mass is 16.5. The largest absolute Gasteiger partial charge is 0.481 e. The molecular weight excluding hydrogens is 368 g/mol. The van der Waals surface area contributed by atoms with Gasteiger partial charge in [-0.05, 0) is 29.3 Å². The predicted octanol–water partition coefficient (Wildman–Crippen LogP) is 1.78. The molecule has 8 heteroatoms. The normalized spacial score (nSPS) is 15.9. The monoisotopic (exact) mass is 394 g/mol. The number of aromatic nitrogens is 2. The number of nitrogens with one attached hydrogen (secondary N) is 1. The van der Waals surface area contributed by atoms with E-state index >= 15 is 0 Å². The first-order valence-electron chi connectivity index (χ1n) is 9.36. The highest BCUT2D eigenvalue weighted by molar-refractivity contribution is 5.91. The lowest BCUT2D eigenvalue weighted by Crippen LogP contribution is -2.36. The van der Waals surface area contributed by atoms with Crippen molar-refractivity contribution in [2.24, 2.45) is 5.73 Å². The molecule has 2 aromatic heterocycles. The first-order chi connectivity index (χ1) is 14.1. The van der Waals surface area contributed by atoms with Gasteiger partial charge in [0.15, 0.2) is 0 Å². The zero-order valence-electron chi connectivity index (χ0n) is 16.5. The molecule has 3 heterocycles. The number of morpholine rings is 1. The van der Waals surface area contributed by atoms with Gasteiger partial charge in [-0.2, -0.15) is 0 Å². The van der Waals surface area contributed by atoms with Crippen LogP contribution in [0.2, 0.25) is 0 Å². The first kappa shape index (κ1) is 20.5. The van der Waals surface area contributed by atoms with Crippen molar-refractivity contribution < 1.29 is 9.47 Å². The molecule has 1 aliphatic heterocycles. The second kappa shape index (κ2) is 9.81. The van der Waals surface area contributed by atoms with Gasteiger partial charge in [-0.25, -0.2) is 4.98 Å². The predicted molar refractivity (Wildman–Crippen MR) is 115 cm³/mol. The Bertz CT molecular complexity index is 919. The number of hydrogen-bond acceptors (Lipinski definition) is 8. The minimum atomic E-state index is 0.346. The number of nitrogens with zero attached hydrogens (tertiary/aromatic N) is 3. The van der Waals surface area contributed by atoms with Crippen LogP contribution in [0, 0.1) is 5.41 Å². The van der Waals surface area contributed by atoms with Crippen LogP contribution in [0.4, 0.5) is 5.69 Å². The van der Waals surface area contributed by atoms with E-state index in [0.717, 1.165) is 55.8 Å². The maximum atomic E-state index is 7.25. The van der Waals surface area contributed by atoms with Crippen molar-refractivity contribution in [3.05, 3.63) is 59.6 Å². The Morgan fingerprint density at radius 2 is 2.03 bits per heavy atom. The quantitative estimate of drug-likeness (QED) is 0.612. The van der Waals surface area contributed by atoms with Crippen molar-refractivity contribution >= 4 is 23.2 Å². The second-order valence-corrected chi connectivity index (χ2v) is 6.53. The van der Waals surface area contributed by atoms with E-state index in [1.54, 1.807) is 19.5 Å². The minimum Gasteiger partial charge on any atom is -0.481 e. The van der Waals surface area contributed by atoms with E-state index < -0.39 is 0 Å². The molecule has 152 valence electrons. The fourth-order valence-electron chi connectivity index (χ4n) is 3.18. The number of nitrogen functional groups attached to an aromatic ring is 1. The van der Waals surface area contributed by atoms with Gasteiger partial charge in [0.2, 0.25) is 5.88 Å². The summed E-state index contributed by atoms with van der Waals surface area (Å²) in [7, 11) is 1.59. The SMILES string of the molecule is COc1cc(/C(=C/CN2CCOCC2)c2ccnc(/C(N)=C/C=N)c2N)ccn1. The van der Waals surface area contributed by atoms with Gasteiger partial charge in [0.1, 0.15) is 5.69 Å². The summed E-state index contributed by atoms with van der Waals surface area (Å²) in [5.41, 5.74) is 16.5. The van der Waals surface area contributed by atoms with Crippen molar-refractivity contribution in [2.75, 3.05) is 45.7 Å². The molecular formula is C21H26N6O2. The summed E-state index contributed by atoms with van der Waals surface area (Å²) < 4.78 is 10.7. The molecule has 1 fully saturated rings. The number of rotatable bonds is 7. The van der Waals surface area contributed by atoms with Crippen LogP contribution in [0.15, 0.2) is 42.7 Å². The van der Waals surface area contributed by atoms with E-state index in [0.29, 0.717) is 23.0 Å². The average Bonchev–Trinajstić information content (AvgIpc) is 2.76. The molecule has 2 aromatic rings. The van der Waals surface area contributed by atoms with Gasteiger partial charge >= 0.3 is 0 Å². The number of nitrogens with two attached hydrogens (primary N) is 2. The van der Waals surface area contributed by atoms with Crippen LogP contribution in [0.3, 0.4) is 0 Å². The van der Waals surface area contributed by atoms with Gasteiger partial charge in [0.25, 0.3) is 0 Å². The van der Waals surface area contributed by atoms with Crippen LogP contribution in [0.25, 0.3) is 11.3 Å². The highest BCUT2D eigenvalue weighted by Crippen LogP contribution is 2.31. The van der Waals surface area contributed by atoms with Crippen LogP contribution >= 0.6 is 0 Å². The van der Waals surface area contributed by atoms with Crippen LogP contribution < -0.4 is 16.2 Å². The van der Waals surface area contributed by atoms with E-state index in [2.05, 4.69) is 20.9 Å². The summed E-state index contributed by atoms with van der Waals surface area (Å²) in [5.74, 6) is 0.524. The topological polar surface area (TPSA) is 123 Å². The molecule has 8 nitrogen and oxygen atoms in total. The Balaban J connectivity index is 2.06. The summed E-state index contributed by atoms with van der Waals surface area (Å²) in [4.78, 5) is 10.8.